The van der Waals surface area contributed by atoms with Crippen LogP contribution in [-0.4, -0.2) is 44.3 Å². The van der Waals surface area contributed by atoms with Crippen molar-refractivity contribution in [2.24, 2.45) is 7.05 Å². The predicted molar refractivity (Wildman–Crippen MR) is 103 cm³/mol. The molecule has 0 amide bonds. The van der Waals surface area contributed by atoms with E-state index < -0.39 is 0 Å². The minimum atomic E-state index is 0.0114. The van der Waals surface area contributed by atoms with Gasteiger partial charge in [-0.1, -0.05) is 12.1 Å². The summed E-state index contributed by atoms with van der Waals surface area (Å²) in [5, 5.41) is 0.659. The van der Waals surface area contributed by atoms with Crippen molar-refractivity contribution in [3.05, 3.63) is 58.7 Å². The minimum Gasteiger partial charge on any atom is -0.383 e. The van der Waals surface area contributed by atoms with E-state index in [1.807, 2.05) is 48.4 Å². The van der Waals surface area contributed by atoms with Crippen molar-refractivity contribution in [2.45, 2.75) is 32.0 Å². The topological polar surface area (TPSA) is 65.2 Å². The van der Waals surface area contributed by atoms with Gasteiger partial charge < -0.3 is 9.30 Å². The van der Waals surface area contributed by atoms with Gasteiger partial charge in [-0.15, -0.1) is 0 Å². The fourth-order valence-electron chi connectivity index (χ4n) is 3.90. The van der Waals surface area contributed by atoms with E-state index >= 15 is 0 Å². The number of rotatable bonds is 6. The van der Waals surface area contributed by atoms with Gasteiger partial charge in [0.15, 0.2) is 0 Å². The lowest BCUT2D eigenvalue weighted by Gasteiger charge is -2.26. The number of hydrogen-bond donors (Lipinski definition) is 0. The fraction of sp³-hybridized carbons (Fsp3) is 0.450. The molecule has 1 unspecified atom stereocenters. The molecule has 142 valence electrons. The van der Waals surface area contributed by atoms with E-state index in [1.54, 1.807) is 11.7 Å². The molecular weight excluding hydrogens is 342 g/mol. The molecule has 0 radical (unpaired) electrons. The molecule has 1 fully saturated rings. The van der Waals surface area contributed by atoms with Crippen LogP contribution in [0.5, 0.6) is 0 Å². The average Bonchev–Trinajstić information content (AvgIpc) is 3.30. The van der Waals surface area contributed by atoms with Crippen LogP contribution < -0.4 is 5.56 Å². The van der Waals surface area contributed by atoms with Crippen molar-refractivity contribution in [2.75, 3.05) is 20.3 Å². The number of imidazole rings is 1. The second-order valence-electron chi connectivity index (χ2n) is 7.10. The molecule has 3 heterocycles. The summed E-state index contributed by atoms with van der Waals surface area (Å²) < 4.78 is 9.00. The second-order valence-corrected chi connectivity index (χ2v) is 7.10. The van der Waals surface area contributed by atoms with Crippen LogP contribution in [0.15, 0.2) is 41.6 Å². The van der Waals surface area contributed by atoms with Crippen LogP contribution in [0, 0.1) is 0 Å². The molecule has 0 bridgehead atoms. The van der Waals surface area contributed by atoms with Crippen molar-refractivity contribution in [1.29, 1.82) is 0 Å². The maximum absolute atomic E-state index is 13.1. The highest BCUT2D eigenvalue weighted by Crippen LogP contribution is 2.32. The van der Waals surface area contributed by atoms with Crippen LogP contribution in [0.1, 0.15) is 30.4 Å². The Balaban J connectivity index is 1.75. The lowest BCUT2D eigenvalue weighted by molar-refractivity contribution is 0.178. The zero-order valence-electron chi connectivity index (χ0n) is 15.8. The quantitative estimate of drug-likeness (QED) is 0.668. The van der Waals surface area contributed by atoms with Crippen molar-refractivity contribution in [3.63, 3.8) is 0 Å². The van der Waals surface area contributed by atoms with Crippen LogP contribution in [0.3, 0.4) is 0 Å². The van der Waals surface area contributed by atoms with E-state index in [2.05, 4.69) is 9.88 Å². The van der Waals surface area contributed by atoms with Gasteiger partial charge in [0.2, 0.25) is 0 Å². The lowest BCUT2D eigenvalue weighted by atomic mass is 10.1. The largest absolute Gasteiger partial charge is 0.383 e. The Morgan fingerprint density at radius 1 is 1.30 bits per heavy atom. The number of aryl methyl sites for hydroxylation is 1. The number of fused-ring (bicyclic) bond motifs is 1. The first kappa shape index (κ1) is 17.9. The van der Waals surface area contributed by atoms with Gasteiger partial charge in [-0.2, -0.15) is 0 Å². The van der Waals surface area contributed by atoms with Crippen molar-refractivity contribution < 1.29 is 4.74 Å². The standard InChI is InChI=1S/C20H25N5O2/c1-23-12-15(21-14-23)13-24-9-5-8-18(24)19-22-17-7-4-3-6-16(17)20(26)25(19)10-11-27-2/h3-4,6-7,12,14,18H,5,8-11,13H2,1-2H3. The summed E-state index contributed by atoms with van der Waals surface area (Å²) in [5.41, 5.74) is 1.81. The summed E-state index contributed by atoms with van der Waals surface area (Å²) >= 11 is 0. The Morgan fingerprint density at radius 3 is 2.93 bits per heavy atom. The molecule has 0 saturated carbocycles. The van der Waals surface area contributed by atoms with Gasteiger partial charge >= 0.3 is 0 Å². The summed E-state index contributed by atoms with van der Waals surface area (Å²) in [4.78, 5) is 24.9. The Labute approximate surface area is 158 Å². The third-order valence-electron chi connectivity index (χ3n) is 5.20. The zero-order valence-corrected chi connectivity index (χ0v) is 15.8. The minimum absolute atomic E-state index is 0.0114. The zero-order chi connectivity index (χ0) is 18.8. The molecule has 1 aromatic carbocycles. The monoisotopic (exact) mass is 367 g/mol. The van der Waals surface area contributed by atoms with Crippen molar-refractivity contribution in [1.82, 2.24) is 24.0 Å². The molecule has 1 aliphatic heterocycles. The fourth-order valence-corrected chi connectivity index (χ4v) is 3.90. The van der Waals surface area contributed by atoms with Crippen LogP contribution in [0.25, 0.3) is 10.9 Å². The van der Waals surface area contributed by atoms with Gasteiger partial charge in [0, 0.05) is 26.9 Å². The molecule has 0 aliphatic carbocycles. The SMILES string of the molecule is COCCn1c(C2CCCN2Cc2cn(C)cn2)nc2ccccc2c1=O. The van der Waals surface area contributed by atoms with Crippen LogP contribution in [-0.2, 0) is 24.9 Å². The molecule has 4 rings (SSSR count). The normalized spacial score (nSPS) is 17.8. The molecule has 7 nitrogen and oxygen atoms in total. The number of methoxy groups -OCH3 is 1. The smallest absolute Gasteiger partial charge is 0.261 e. The Morgan fingerprint density at radius 2 is 2.15 bits per heavy atom. The number of benzene rings is 1. The van der Waals surface area contributed by atoms with Gasteiger partial charge in [0.05, 0.1) is 42.1 Å². The van der Waals surface area contributed by atoms with Gasteiger partial charge in [-0.05, 0) is 31.5 Å². The maximum atomic E-state index is 13.1. The van der Waals surface area contributed by atoms with Crippen molar-refractivity contribution in [3.8, 4) is 0 Å². The molecule has 1 aliphatic rings. The summed E-state index contributed by atoms with van der Waals surface area (Å²) in [6.07, 6.45) is 5.94. The van der Waals surface area contributed by atoms with E-state index in [0.717, 1.165) is 43.0 Å². The van der Waals surface area contributed by atoms with Crippen molar-refractivity contribution >= 4 is 10.9 Å². The highest BCUT2D eigenvalue weighted by molar-refractivity contribution is 5.77. The second kappa shape index (κ2) is 7.62. The molecule has 1 atom stereocenters. The first-order valence-electron chi connectivity index (χ1n) is 9.36. The lowest BCUT2D eigenvalue weighted by Crippen LogP contribution is -2.33. The molecule has 3 aromatic rings. The number of para-hydroxylation sites is 1. The Hall–Kier alpha value is -2.51. The summed E-state index contributed by atoms with van der Waals surface area (Å²) in [5.74, 6) is 0.837. The van der Waals surface area contributed by atoms with E-state index in [-0.39, 0.29) is 11.6 Å². The number of ether oxygens (including phenoxy) is 1. The van der Waals surface area contributed by atoms with Crippen LogP contribution in [0.4, 0.5) is 0 Å². The summed E-state index contributed by atoms with van der Waals surface area (Å²) in [6, 6.07) is 7.69. The first-order chi connectivity index (χ1) is 13.2. The van der Waals surface area contributed by atoms with E-state index in [0.29, 0.717) is 18.5 Å². The van der Waals surface area contributed by atoms with Gasteiger partial charge in [0.25, 0.3) is 5.56 Å². The predicted octanol–water partition coefficient (Wildman–Crippen LogP) is 2.11. The van der Waals surface area contributed by atoms with Gasteiger partial charge in [-0.25, -0.2) is 9.97 Å². The molecule has 1 saturated heterocycles. The molecule has 0 N–H and O–H groups in total. The number of hydrogen-bond acceptors (Lipinski definition) is 5. The van der Waals surface area contributed by atoms with Gasteiger partial charge in [-0.3, -0.25) is 14.3 Å². The number of nitrogens with zero attached hydrogens (tertiary/aromatic N) is 5. The first-order valence-corrected chi connectivity index (χ1v) is 9.36. The third-order valence-corrected chi connectivity index (χ3v) is 5.20. The van der Waals surface area contributed by atoms with Crippen LogP contribution in [0.2, 0.25) is 0 Å². The molecule has 2 aromatic heterocycles. The average molecular weight is 367 g/mol. The summed E-state index contributed by atoms with van der Waals surface area (Å²) in [7, 11) is 3.63. The Bertz CT molecular complexity index is 993. The van der Waals surface area contributed by atoms with Gasteiger partial charge in [0.1, 0.15) is 5.82 Å². The highest BCUT2D eigenvalue weighted by atomic mass is 16.5. The Kier molecular flexibility index (Phi) is 5.05. The molecule has 7 heteroatoms. The molecule has 0 spiro atoms. The molecule has 27 heavy (non-hydrogen) atoms. The summed E-state index contributed by atoms with van der Waals surface area (Å²) in [6.45, 7) is 2.74. The third kappa shape index (κ3) is 3.52. The number of aromatic nitrogens is 4. The van der Waals surface area contributed by atoms with E-state index in [1.165, 1.54) is 0 Å². The van der Waals surface area contributed by atoms with Crippen LogP contribution >= 0.6 is 0 Å². The van der Waals surface area contributed by atoms with E-state index in [4.69, 9.17) is 9.72 Å². The highest BCUT2D eigenvalue weighted by Gasteiger charge is 2.30. The maximum Gasteiger partial charge on any atom is 0.261 e. The van der Waals surface area contributed by atoms with E-state index in [9.17, 15) is 4.79 Å². The number of likely N-dealkylation sites (tertiary alicyclic amines) is 1. The molecular formula is C20H25N5O2.